The van der Waals surface area contributed by atoms with Crippen molar-refractivity contribution in [3.05, 3.63) is 16.3 Å². The molecule has 0 saturated carbocycles. The van der Waals surface area contributed by atoms with Crippen LogP contribution in [0.1, 0.15) is 6.42 Å². The fourth-order valence-corrected chi connectivity index (χ4v) is 1.50. The molecule has 0 saturated heterocycles. The number of thiazole rings is 1. The van der Waals surface area contributed by atoms with Gasteiger partial charge in [-0.1, -0.05) is 0 Å². The van der Waals surface area contributed by atoms with E-state index in [9.17, 15) is 14.9 Å². The number of nitrogens with one attached hydrogen (secondary N) is 1. The molecule has 0 radical (unpaired) electrons. The average molecular weight is 236 g/mol. The lowest BCUT2D eigenvalue weighted by atomic mass is 10.5. The first kappa shape index (κ1) is 10.9. The minimum atomic E-state index is -0.561. The highest BCUT2D eigenvalue weighted by Crippen LogP contribution is 2.24. The third kappa shape index (κ3) is 2.93. The Morgan fingerprint density at radius 1 is 1.79 bits per heavy atom. The summed E-state index contributed by atoms with van der Waals surface area (Å²) in [5.74, 6) is -0.0940. The van der Waals surface area contributed by atoms with Crippen LogP contribution in [0.3, 0.4) is 0 Å². The van der Waals surface area contributed by atoms with Crippen LogP contribution in [0.4, 0.5) is 10.1 Å². The maximum atomic E-state index is 11.0. The van der Waals surface area contributed by atoms with Crippen LogP contribution in [0.2, 0.25) is 0 Å². The molecule has 0 atom stereocenters. The van der Waals surface area contributed by atoms with E-state index in [4.69, 9.17) is 11.6 Å². The van der Waals surface area contributed by atoms with Crippen LogP contribution in [-0.2, 0) is 4.79 Å². The summed E-state index contributed by atoms with van der Waals surface area (Å²) in [6.07, 6.45) is 1.26. The van der Waals surface area contributed by atoms with E-state index in [1.807, 2.05) is 0 Å². The van der Waals surface area contributed by atoms with Gasteiger partial charge in [0.1, 0.15) is 6.20 Å². The first-order chi connectivity index (χ1) is 6.63. The Bertz CT molecular complexity index is 354. The molecule has 0 aliphatic carbocycles. The third-order valence-corrected chi connectivity index (χ3v) is 2.29. The highest BCUT2D eigenvalue weighted by molar-refractivity contribution is 7.18. The Labute approximate surface area is 88.1 Å². The zero-order valence-electron chi connectivity index (χ0n) is 6.90. The Balaban J connectivity index is 2.59. The zero-order chi connectivity index (χ0) is 10.6. The highest BCUT2D eigenvalue weighted by Gasteiger charge is 2.12. The average Bonchev–Trinajstić information content (AvgIpc) is 2.53. The predicted molar refractivity (Wildman–Crippen MR) is 52.7 cm³/mol. The predicted octanol–water partition coefficient (Wildman–Crippen LogP) is 1.62. The van der Waals surface area contributed by atoms with Crippen molar-refractivity contribution in [1.82, 2.24) is 4.98 Å². The van der Waals surface area contributed by atoms with Gasteiger partial charge in [0, 0.05) is 12.3 Å². The summed E-state index contributed by atoms with van der Waals surface area (Å²) in [4.78, 5) is 24.4. The van der Waals surface area contributed by atoms with Gasteiger partial charge in [0.05, 0.1) is 4.92 Å². The number of anilines is 1. The van der Waals surface area contributed by atoms with Crippen LogP contribution in [0.15, 0.2) is 6.20 Å². The molecule has 1 heterocycles. The van der Waals surface area contributed by atoms with Crippen LogP contribution in [0, 0.1) is 10.1 Å². The van der Waals surface area contributed by atoms with E-state index in [1.165, 1.54) is 0 Å². The van der Waals surface area contributed by atoms with Crippen LogP contribution >= 0.6 is 22.9 Å². The van der Waals surface area contributed by atoms with E-state index in [0.29, 0.717) is 0 Å². The van der Waals surface area contributed by atoms with Gasteiger partial charge in [-0.2, -0.15) is 0 Å². The summed E-state index contributed by atoms with van der Waals surface area (Å²) in [5.41, 5.74) is 0. The number of halogens is 1. The molecule has 1 aromatic heterocycles. The summed E-state index contributed by atoms with van der Waals surface area (Å²) in [6, 6.07) is 0. The number of rotatable bonds is 4. The Kier molecular flexibility index (Phi) is 3.78. The Morgan fingerprint density at radius 3 is 3.00 bits per heavy atom. The normalized spacial score (nSPS) is 9.79. The lowest BCUT2D eigenvalue weighted by Crippen LogP contribution is -2.11. The van der Waals surface area contributed by atoms with Crippen molar-refractivity contribution in [3.63, 3.8) is 0 Å². The summed E-state index contributed by atoms with van der Waals surface area (Å²) in [7, 11) is 0. The molecule has 1 rings (SSSR count). The smallest absolute Gasteiger partial charge is 0.302 e. The quantitative estimate of drug-likeness (QED) is 0.488. The highest BCUT2D eigenvalue weighted by atomic mass is 35.5. The fourth-order valence-electron chi connectivity index (χ4n) is 0.675. The number of nitro groups is 1. The fraction of sp³-hybridized carbons (Fsp3) is 0.333. The SMILES string of the molecule is O=C(CCCl)Nc1ncc([N+](=O)[O-])s1. The molecule has 1 aromatic rings. The standard InChI is InChI=1S/C6H6ClN3O3S/c7-2-1-4(11)9-6-8-3-5(14-6)10(12)13/h3H,1-2H2,(H,8,9,11). The minimum absolute atomic E-state index is 0.105. The molecule has 8 heteroatoms. The molecule has 14 heavy (non-hydrogen) atoms. The van der Waals surface area contributed by atoms with Gasteiger partial charge in [0.2, 0.25) is 5.91 Å². The number of hydrogen-bond donors (Lipinski definition) is 1. The molecule has 1 N–H and O–H groups in total. The number of carbonyl (C=O) groups is 1. The molecule has 0 bridgehead atoms. The van der Waals surface area contributed by atoms with Gasteiger partial charge in [0.25, 0.3) is 0 Å². The van der Waals surface area contributed by atoms with Crippen molar-refractivity contribution in [2.45, 2.75) is 6.42 Å². The van der Waals surface area contributed by atoms with E-state index in [0.717, 1.165) is 17.5 Å². The zero-order valence-corrected chi connectivity index (χ0v) is 8.47. The summed E-state index contributed by atoms with van der Waals surface area (Å²) in [6.45, 7) is 0. The van der Waals surface area contributed by atoms with Crippen molar-refractivity contribution < 1.29 is 9.72 Å². The van der Waals surface area contributed by atoms with Crippen molar-refractivity contribution in [2.24, 2.45) is 0 Å². The molecule has 0 aromatic carbocycles. The molecule has 0 aliphatic heterocycles. The molecule has 76 valence electrons. The summed E-state index contributed by atoms with van der Waals surface area (Å²) >= 11 is 6.14. The van der Waals surface area contributed by atoms with E-state index < -0.39 is 4.92 Å². The Morgan fingerprint density at radius 2 is 2.50 bits per heavy atom. The van der Waals surface area contributed by atoms with Crippen molar-refractivity contribution in [3.8, 4) is 0 Å². The van der Waals surface area contributed by atoms with Gasteiger partial charge in [0.15, 0.2) is 5.13 Å². The number of nitrogens with zero attached hydrogens (tertiary/aromatic N) is 2. The minimum Gasteiger partial charge on any atom is -0.302 e. The van der Waals surface area contributed by atoms with Crippen molar-refractivity contribution in [2.75, 3.05) is 11.2 Å². The molecule has 1 amide bonds. The number of carbonyl (C=O) groups excluding carboxylic acids is 1. The monoisotopic (exact) mass is 235 g/mol. The second-order valence-corrected chi connectivity index (χ2v) is 3.63. The first-order valence-electron chi connectivity index (χ1n) is 3.59. The lowest BCUT2D eigenvalue weighted by molar-refractivity contribution is -0.380. The number of amides is 1. The molecule has 0 spiro atoms. The summed E-state index contributed by atoms with van der Waals surface area (Å²) < 4.78 is 0. The van der Waals surface area contributed by atoms with Gasteiger partial charge in [-0.3, -0.25) is 14.9 Å². The van der Waals surface area contributed by atoms with E-state index in [1.54, 1.807) is 0 Å². The number of aromatic nitrogens is 1. The van der Waals surface area contributed by atoms with Crippen molar-refractivity contribution in [1.29, 1.82) is 0 Å². The molecule has 0 fully saturated rings. The molecule has 6 nitrogen and oxygen atoms in total. The largest absolute Gasteiger partial charge is 0.345 e. The maximum absolute atomic E-state index is 11.0. The molecular formula is C6H6ClN3O3S. The van der Waals surface area contributed by atoms with Crippen LogP contribution in [-0.4, -0.2) is 21.7 Å². The van der Waals surface area contributed by atoms with Gasteiger partial charge in [-0.25, -0.2) is 4.98 Å². The second-order valence-electron chi connectivity index (χ2n) is 2.25. The van der Waals surface area contributed by atoms with Crippen LogP contribution in [0.25, 0.3) is 0 Å². The van der Waals surface area contributed by atoms with Gasteiger partial charge in [-0.05, 0) is 11.3 Å². The maximum Gasteiger partial charge on any atom is 0.345 e. The molecule has 0 aliphatic rings. The van der Waals surface area contributed by atoms with Crippen LogP contribution in [0.5, 0.6) is 0 Å². The van der Waals surface area contributed by atoms with E-state index in [-0.39, 0.29) is 28.3 Å². The molecular weight excluding hydrogens is 230 g/mol. The summed E-state index contributed by atoms with van der Waals surface area (Å²) in [5, 5.41) is 12.8. The van der Waals surface area contributed by atoms with Crippen molar-refractivity contribution >= 4 is 39.0 Å². The lowest BCUT2D eigenvalue weighted by Gasteiger charge is -1.96. The molecule has 0 unspecified atom stereocenters. The first-order valence-corrected chi connectivity index (χ1v) is 4.94. The van der Waals surface area contributed by atoms with Gasteiger partial charge < -0.3 is 5.32 Å². The van der Waals surface area contributed by atoms with Crippen LogP contribution < -0.4 is 5.32 Å². The third-order valence-electron chi connectivity index (χ3n) is 1.24. The van der Waals surface area contributed by atoms with E-state index in [2.05, 4.69) is 10.3 Å². The second kappa shape index (κ2) is 4.87. The number of alkyl halides is 1. The van der Waals surface area contributed by atoms with E-state index >= 15 is 0 Å². The topological polar surface area (TPSA) is 85.1 Å². The number of hydrogen-bond acceptors (Lipinski definition) is 5. The van der Waals surface area contributed by atoms with Gasteiger partial charge in [-0.15, -0.1) is 11.6 Å². The Hall–Kier alpha value is -1.21. The van der Waals surface area contributed by atoms with Gasteiger partial charge >= 0.3 is 5.00 Å².